The molecule has 5 nitrogen and oxygen atoms in total. The number of amides is 2. The highest BCUT2D eigenvalue weighted by Crippen LogP contribution is 2.19. The second kappa shape index (κ2) is 8.60. The number of nitrogens with one attached hydrogen (secondary N) is 2. The van der Waals surface area contributed by atoms with E-state index >= 15 is 0 Å². The van der Waals surface area contributed by atoms with Crippen LogP contribution in [0.3, 0.4) is 0 Å². The van der Waals surface area contributed by atoms with Gasteiger partial charge in [-0.3, -0.25) is 0 Å². The first kappa shape index (κ1) is 18.2. The lowest BCUT2D eigenvalue weighted by Crippen LogP contribution is -2.37. The molecule has 124 valence electrons. The Morgan fingerprint density at radius 2 is 1.82 bits per heavy atom. The monoisotopic (exact) mass is 320 g/mol. The maximum Gasteiger partial charge on any atom is 0.319 e. The lowest BCUT2D eigenvalue weighted by Gasteiger charge is -2.14. The van der Waals surface area contributed by atoms with Gasteiger partial charge in [0.2, 0.25) is 0 Å². The van der Waals surface area contributed by atoms with Gasteiger partial charge >= 0.3 is 6.03 Å². The van der Waals surface area contributed by atoms with Crippen molar-refractivity contribution in [2.75, 3.05) is 25.1 Å². The Kier molecular flexibility index (Phi) is 7.13. The smallest absolute Gasteiger partial charge is 0.319 e. The molecule has 0 saturated carbocycles. The molecule has 1 rings (SSSR count). The van der Waals surface area contributed by atoms with E-state index in [0.717, 1.165) is 0 Å². The van der Waals surface area contributed by atoms with Crippen LogP contribution < -0.4 is 10.6 Å². The van der Waals surface area contributed by atoms with Crippen molar-refractivity contribution in [3.8, 4) is 0 Å². The van der Waals surface area contributed by atoms with Crippen molar-refractivity contribution in [2.45, 2.75) is 20.0 Å². The molecule has 0 radical (unpaired) electrons. The number of hydrogen-bond donors (Lipinski definition) is 3. The third-order valence-electron chi connectivity index (χ3n) is 2.51. The normalized spacial score (nSPS) is 12.3. The molecule has 0 aliphatic heterocycles. The second-order valence-corrected chi connectivity index (χ2v) is 5.16. The van der Waals surface area contributed by atoms with Crippen molar-refractivity contribution in [3.63, 3.8) is 0 Å². The van der Waals surface area contributed by atoms with Crippen LogP contribution in [0.25, 0.3) is 0 Å². The standard InChI is InChI=1S/C14H19F3N2O3/c1-8(2)6-22-7-10(20)5-18-14(21)19-13-11(16)3-9(15)4-12(13)17/h3-4,8,10,20H,5-7H2,1-2H3,(H2,18,19,21). The lowest BCUT2D eigenvalue weighted by molar-refractivity contribution is 0.0274. The summed E-state index contributed by atoms with van der Waals surface area (Å²) in [5, 5.41) is 13.7. The second-order valence-electron chi connectivity index (χ2n) is 5.16. The number of benzene rings is 1. The third-order valence-corrected chi connectivity index (χ3v) is 2.51. The first-order chi connectivity index (χ1) is 10.3. The fourth-order valence-electron chi connectivity index (χ4n) is 1.53. The SMILES string of the molecule is CC(C)COCC(O)CNC(=O)Nc1c(F)cc(F)cc1F. The Balaban J connectivity index is 2.41. The summed E-state index contributed by atoms with van der Waals surface area (Å²) in [5.74, 6) is -3.23. The van der Waals surface area contributed by atoms with E-state index in [4.69, 9.17) is 4.74 Å². The number of urea groups is 1. The van der Waals surface area contributed by atoms with E-state index < -0.39 is 35.3 Å². The first-order valence-corrected chi connectivity index (χ1v) is 6.74. The molecule has 0 fully saturated rings. The van der Waals surface area contributed by atoms with Gasteiger partial charge in [0.05, 0.1) is 12.7 Å². The van der Waals surface area contributed by atoms with Gasteiger partial charge in [-0.2, -0.15) is 0 Å². The van der Waals surface area contributed by atoms with Crippen LogP contribution in [0.1, 0.15) is 13.8 Å². The van der Waals surface area contributed by atoms with Gasteiger partial charge in [-0.15, -0.1) is 0 Å². The number of rotatable bonds is 7. The van der Waals surface area contributed by atoms with Crippen LogP contribution in [0.2, 0.25) is 0 Å². The molecule has 22 heavy (non-hydrogen) atoms. The molecule has 1 aromatic carbocycles. The Morgan fingerprint density at radius 3 is 2.36 bits per heavy atom. The molecule has 1 unspecified atom stereocenters. The van der Waals surface area contributed by atoms with E-state index in [0.29, 0.717) is 24.7 Å². The zero-order chi connectivity index (χ0) is 16.7. The molecule has 0 aliphatic carbocycles. The van der Waals surface area contributed by atoms with Crippen LogP contribution in [0.5, 0.6) is 0 Å². The van der Waals surface area contributed by atoms with E-state index in [2.05, 4.69) is 5.32 Å². The van der Waals surface area contributed by atoms with Crippen molar-refractivity contribution in [1.29, 1.82) is 0 Å². The van der Waals surface area contributed by atoms with E-state index in [1.807, 2.05) is 19.2 Å². The quantitative estimate of drug-likeness (QED) is 0.722. The van der Waals surface area contributed by atoms with Gasteiger partial charge in [-0.1, -0.05) is 13.8 Å². The fraction of sp³-hybridized carbons (Fsp3) is 0.500. The minimum atomic E-state index is -1.23. The van der Waals surface area contributed by atoms with Crippen LogP contribution in [-0.4, -0.2) is 37.0 Å². The summed E-state index contributed by atoms with van der Waals surface area (Å²) in [5.41, 5.74) is -0.760. The van der Waals surface area contributed by atoms with E-state index in [-0.39, 0.29) is 13.2 Å². The van der Waals surface area contributed by atoms with E-state index in [9.17, 15) is 23.1 Å². The Bertz CT molecular complexity index is 489. The molecule has 1 aromatic rings. The number of carbonyl (C=O) groups excluding carboxylic acids is 1. The molecular formula is C14H19F3N2O3. The summed E-state index contributed by atoms with van der Waals surface area (Å²) in [4.78, 5) is 11.5. The molecule has 3 N–H and O–H groups in total. The molecule has 0 heterocycles. The van der Waals surface area contributed by atoms with E-state index in [1.54, 1.807) is 0 Å². The molecule has 1 atom stereocenters. The highest BCUT2D eigenvalue weighted by atomic mass is 19.1. The summed E-state index contributed by atoms with van der Waals surface area (Å²) < 4.78 is 44.5. The summed E-state index contributed by atoms with van der Waals surface area (Å²) >= 11 is 0. The van der Waals surface area contributed by atoms with Gasteiger partial charge in [0.15, 0.2) is 11.6 Å². The molecule has 2 amide bonds. The molecule has 0 aromatic heterocycles. The highest BCUT2D eigenvalue weighted by Gasteiger charge is 2.15. The number of anilines is 1. The van der Waals surface area contributed by atoms with Crippen LogP contribution in [-0.2, 0) is 4.74 Å². The number of hydrogen-bond acceptors (Lipinski definition) is 3. The van der Waals surface area contributed by atoms with Gasteiger partial charge < -0.3 is 20.5 Å². The van der Waals surface area contributed by atoms with Crippen LogP contribution in [0, 0.1) is 23.4 Å². The Morgan fingerprint density at radius 1 is 1.23 bits per heavy atom. The number of halogens is 3. The minimum Gasteiger partial charge on any atom is -0.389 e. The average Bonchev–Trinajstić information content (AvgIpc) is 2.40. The summed E-state index contributed by atoms with van der Waals surface area (Å²) in [6.45, 7) is 4.23. The predicted molar refractivity (Wildman–Crippen MR) is 75.0 cm³/mol. The van der Waals surface area contributed by atoms with Gasteiger partial charge in [-0.05, 0) is 5.92 Å². The number of aliphatic hydroxyl groups excluding tert-OH is 1. The van der Waals surface area contributed by atoms with Crippen LogP contribution in [0.4, 0.5) is 23.7 Å². The topological polar surface area (TPSA) is 70.6 Å². The van der Waals surface area contributed by atoms with Crippen molar-refractivity contribution in [3.05, 3.63) is 29.6 Å². The van der Waals surface area contributed by atoms with Gasteiger partial charge in [0, 0.05) is 25.3 Å². The van der Waals surface area contributed by atoms with Crippen molar-refractivity contribution in [1.82, 2.24) is 5.32 Å². The maximum atomic E-state index is 13.3. The zero-order valence-electron chi connectivity index (χ0n) is 12.3. The van der Waals surface area contributed by atoms with Gasteiger partial charge in [-0.25, -0.2) is 18.0 Å². The van der Waals surface area contributed by atoms with Crippen molar-refractivity contribution < 1.29 is 27.8 Å². The average molecular weight is 320 g/mol. The predicted octanol–water partition coefficient (Wildman–Crippen LogP) is 2.26. The van der Waals surface area contributed by atoms with Crippen LogP contribution >= 0.6 is 0 Å². The van der Waals surface area contributed by atoms with Gasteiger partial charge in [0.1, 0.15) is 11.5 Å². The molecule has 0 spiro atoms. The summed E-state index contributed by atoms with van der Waals surface area (Å²) in [7, 11) is 0. The van der Waals surface area contributed by atoms with Crippen molar-refractivity contribution in [2.24, 2.45) is 5.92 Å². The molecule has 8 heteroatoms. The number of ether oxygens (including phenoxy) is 1. The minimum absolute atomic E-state index is 0.0255. The molecular weight excluding hydrogens is 301 g/mol. The molecule has 0 saturated heterocycles. The maximum absolute atomic E-state index is 13.3. The number of carbonyl (C=O) groups is 1. The Labute approximate surface area is 126 Å². The highest BCUT2D eigenvalue weighted by molar-refractivity contribution is 5.89. The largest absolute Gasteiger partial charge is 0.389 e. The van der Waals surface area contributed by atoms with Crippen molar-refractivity contribution >= 4 is 11.7 Å². The van der Waals surface area contributed by atoms with Crippen LogP contribution in [0.15, 0.2) is 12.1 Å². The summed E-state index contributed by atoms with van der Waals surface area (Å²) in [6, 6.07) is -0.0204. The Hall–Kier alpha value is -1.80. The molecule has 0 bridgehead atoms. The summed E-state index contributed by atoms with van der Waals surface area (Å²) in [6.07, 6.45) is -0.951. The fourth-order valence-corrected chi connectivity index (χ4v) is 1.53. The molecule has 0 aliphatic rings. The first-order valence-electron chi connectivity index (χ1n) is 6.74. The van der Waals surface area contributed by atoms with Gasteiger partial charge in [0.25, 0.3) is 0 Å². The van der Waals surface area contributed by atoms with E-state index in [1.165, 1.54) is 0 Å². The third kappa shape index (κ3) is 6.31. The lowest BCUT2D eigenvalue weighted by atomic mass is 10.2. The zero-order valence-corrected chi connectivity index (χ0v) is 12.3. The number of aliphatic hydroxyl groups is 1.